The molecule has 0 radical (unpaired) electrons. The molecule has 0 aliphatic rings. The van der Waals surface area contributed by atoms with Crippen molar-refractivity contribution in [3.05, 3.63) is 126 Å². The Bertz CT molecular complexity index is 981. The number of hydrogen-bond acceptors (Lipinski definition) is 0. The van der Waals surface area contributed by atoms with Gasteiger partial charge in [0.2, 0.25) is 0 Å². The van der Waals surface area contributed by atoms with Crippen LogP contribution in [0.15, 0.2) is 115 Å². The third kappa shape index (κ3) is 7.64. The molecule has 0 saturated heterocycles. The number of rotatable bonds is 5. The van der Waals surface area contributed by atoms with Crippen LogP contribution < -0.4 is 15.9 Å². The summed E-state index contributed by atoms with van der Waals surface area (Å²) in [4.78, 5) is 0. The molecule has 0 aromatic heterocycles. The summed E-state index contributed by atoms with van der Waals surface area (Å²) < 4.78 is 0. The van der Waals surface area contributed by atoms with Crippen molar-refractivity contribution in [2.24, 2.45) is 0 Å². The third-order valence-electron chi connectivity index (χ3n) is 5.13. The fourth-order valence-corrected chi connectivity index (χ4v) is 7.98. The molecule has 0 unspecified atom stereocenters. The van der Waals surface area contributed by atoms with E-state index >= 15 is 0 Å². The minimum absolute atomic E-state index is 1.03. The fourth-order valence-electron chi connectivity index (χ4n) is 3.74. The molecule has 0 heterocycles. The van der Waals surface area contributed by atoms with E-state index in [1.54, 1.807) is 0 Å². The SMILES string of the molecule is Cc1ccc(C[P+](c2ccccc2)(c2ccccc2)c2ccccc2)cc1.[Br][Fe-]([Br])([Br])[Br]. The van der Waals surface area contributed by atoms with Crippen molar-refractivity contribution in [3.63, 3.8) is 0 Å². The zero-order chi connectivity index (χ0) is 23.0. The predicted molar refractivity (Wildman–Crippen MR) is 156 cm³/mol. The molecule has 0 fully saturated rings. The molecule has 4 aromatic carbocycles. The zero-order valence-electron chi connectivity index (χ0n) is 17.5. The molecule has 0 atom stereocenters. The van der Waals surface area contributed by atoms with Gasteiger partial charge in [-0.25, -0.2) is 0 Å². The van der Waals surface area contributed by atoms with Crippen LogP contribution in [0, 0.1) is 6.92 Å². The molecule has 0 spiro atoms. The van der Waals surface area contributed by atoms with Gasteiger partial charge in [-0.3, -0.25) is 0 Å². The van der Waals surface area contributed by atoms with Crippen LogP contribution in [0.25, 0.3) is 0 Å². The van der Waals surface area contributed by atoms with Gasteiger partial charge >= 0.3 is 62.1 Å². The van der Waals surface area contributed by atoms with Crippen molar-refractivity contribution < 1.29 is 5.61 Å². The molecule has 0 saturated carbocycles. The van der Waals surface area contributed by atoms with Gasteiger partial charge in [-0.15, -0.1) is 0 Å². The summed E-state index contributed by atoms with van der Waals surface area (Å²) in [5, 5.41) is 4.30. The van der Waals surface area contributed by atoms with E-state index < -0.39 is 12.9 Å². The van der Waals surface area contributed by atoms with Gasteiger partial charge < -0.3 is 0 Å². The predicted octanol–water partition coefficient (Wildman–Crippen LogP) is 8.87. The first-order valence-corrected chi connectivity index (χ1v) is 22.8. The average Bonchev–Trinajstić information content (AvgIpc) is 2.79. The summed E-state index contributed by atoms with van der Waals surface area (Å²) in [6.45, 7) is 2.15. The van der Waals surface area contributed by atoms with E-state index in [4.69, 9.17) is 0 Å². The molecule has 0 bridgehead atoms. The topological polar surface area (TPSA) is 0 Å². The Morgan fingerprint density at radius 1 is 0.531 bits per heavy atom. The number of halogens is 4. The van der Waals surface area contributed by atoms with Crippen molar-refractivity contribution in [3.8, 4) is 0 Å². The summed E-state index contributed by atoms with van der Waals surface area (Å²) in [7, 11) is -1.79. The van der Waals surface area contributed by atoms with E-state index in [1.807, 2.05) is 0 Å². The molecule has 0 amide bonds. The maximum atomic E-state index is 3.25. The van der Waals surface area contributed by atoms with Gasteiger partial charge in [0.25, 0.3) is 0 Å². The second-order valence-electron chi connectivity index (χ2n) is 7.26. The molecule has 4 aromatic rings. The molecular formula is C26H24Br4FeP. The Labute approximate surface area is 222 Å². The van der Waals surface area contributed by atoms with Gasteiger partial charge in [0.05, 0.1) is 6.16 Å². The van der Waals surface area contributed by atoms with E-state index in [0.29, 0.717) is 0 Å². The minimum atomic E-state index is -1.79. The summed E-state index contributed by atoms with van der Waals surface area (Å²) in [5.74, 6) is 0. The Balaban J connectivity index is 0.000000523. The van der Waals surface area contributed by atoms with Gasteiger partial charge in [-0.2, -0.15) is 0 Å². The normalized spacial score (nSPS) is 11.9. The quantitative estimate of drug-likeness (QED) is 0.142. The second kappa shape index (κ2) is 12.5. The van der Waals surface area contributed by atoms with Crippen LogP contribution in [0.5, 0.6) is 0 Å². The van der Waals surface area contributed by atoms with E-state index in [0.717, 1.165) is 6.16 Å². The molecule has 0 nitrogen and oxygen atoms in total. The fraction of sp³-hybridized carbons (Fsp3) is 0.0769. The van der Waals surface area contributed by atoms with Gasteiger partial charge in [-0.05, 0) is 48.9 Å². The van der Waals surface area contributed by atoms with Crippen LogP contribution in [-0.2, 0) is 11.8 Å². The van der Waals surface area contributed by atoms with Crippen molar-refractivity contribution in [2.75, 3.05) is 0 Å². The second-order valence-corrected chi connectivity index (χ2v) is 44.2. The zero-order valence-corrected chi connectivity index (χ0v) is 25.8. The van der Waals surface area contributed by atoms with E-state index in [-0.39, 0.29) is 0 Å². The van der Waals surface area contributed by atoms with Gasteiger partial charge in [0, 0.05) is 0 Å². The number of aryl methyl sites for hydroxylation is 1. The van der Waals surface area contributed by atoms with Crippen molar-refractivity contribution >= 4 is 79.6 Å². The summed E-state index contributed by atoms with van der Waals surface area (Å²) >= 11 is 13.0. The summed E-state index contributed by atoms with van der Waals surface area (Å²) in [6.07, 6.45) is 1.03. The molecular weight excluding hydrogens is 719 g/mol. The Morgan fingerprint density at radius 2 is 0.844 bits per heavy atom. The maximum absolute atomic E-state index is 3.25. The van der Waals surface area contributed by atoms with Gasteiger partial charge in [-0.1, -0.05) is 84.4 Å². The first-order valence-electron chi connectivity index (χ1n) is 9.93. The standard InChI is InChI=1S/C26H24P.4BrH.Fe/c1-22-17-19-23(20-18-22)21-27(24-11-5-2-6-12-24,25-13-7-3-8-14-25)26-15-9-4-10-16-26;;;;;/h2-20H,21H2,1H3;4*1H;/q+1;;;;;+3/p-4. The monoisotopic (exact) mass is 739 g/mol. The summed E-state index contributed by atoms with van der Waals surface area (Å²) in [6, 6.07) is 42.2. The van der Waals surface area contributed by atoms with Crippen LogP contribution in [-0.4, -0.2) is 0 Å². The van der Waals surface area contributed by atoms with Gasteiger partial charge in [0.15, 0.2) is 0 Å². The Kier molecular flexibility index (Phi) is 10.3. The van der Waals surface area contributed by atoms with Gasteiger partial charge in [0.1, 0.15) is 23.2 Å². The molecule has 0 N–H and O–H groups in total. The Morgan fingerprint density at radius 3 is 1.16 bits per heavy atom. The van der Waals surface area contributed by atoms with Crippen LogP contribution in [0.2, 0.25) is 0 Å². The first kappa shape index (κ1) is 26.4. The molecule has 32 heavy (non-hydrogen) atoms. The molecule has 6 heteroatoms. The molecule has 4 rings (SSSR count). The van der Waals surface area contributed by atoms with Crippen LogP contribution in [0.1, 0.15) is 11.1 Å². The Hall–Kier alpha value is -0.251. The van der Waals surface area contributed by atoms with Crippen LogP contribution >= 0.6 is 63.7 Å². The van der Waals surface area contributed by atoms with Crippen molar-refractivity contribution in [1.29, 1.82) is 0 Å². The number of hydrogen-bond donors (Lipinski definition) is 0. The van der Waals surface area contributed by atoms with E-state index in [2.05, 4.69) is 179 Å². The average molecular weight is 743 g/mol. The van der Waals surface area contributed by atoms with Crippen LogP contribution in [0.4, 0.5) is 0 Å². The van der Waals surface area contributed by atoms with E-state index in [1.165, 1.54) is 27.0 Å². The molecule has 0 aliphatic carbocycles. The first-order chi connectivity index (χ1) is 15.3. The third-order valence-corrected chi connectivity index (χ3v) is 9.51. The van der Waals surface area contributed by atoms with Crippen molar-refractivity contribution in [2.45, 2.75) is 13.1 Å². The molecule has 169 valence electrons. The molecule has 0 aliphatic heterocycles. The summed E-state index contributed by atoms with van der Waals surface area (Å²) in [5.41, 5.74) is 1.45. The van der Waals surface area contributed by atoms with Crippen LogP contribution in [0.3, 0.4) is 0 Å². The number of benzene rings is 4. The van der Waals surface area contributed by atoms with Crippen molar-refractivity contribution in [1.82, 2.24) is 0 Å². The van der Waals surface area contributed by atoms with E-state index in [9.17, 15) is 0 Å².